The standard InChI is InChI=1S/C35H43F3N4O2/c1-21-22(2)28(15-13-26(21)25-11-8-16-42(19-25)20-33(3,4)44)40-32-39-18-27(35(36,37)38)29(41-32)14-12-23-9-7-10-24-17-30(43)34(5,6)31(23)24/h7,9-10,13,15,18,25,44H,8,11-12,14,16-17,19-20H2,1-6H3,(H,39,40,41). The van der Waals surface area contributed by atoms with E-state index in [-0.39, 0.29) is 23.8 Å². The fraction of sp³-hybridized carbons (Fsp3) is 0.514. The average molecular weight is 609 g/mol. The molecule has 9 heteroatoms. The van der Waals surface area contributed by atoms with Crippen molar-refractivity contribution in [3.05, 3.63) is 81.2 Å². The first-order valence-electron chi connectivity index (χ1n) is 15.4. The van der Waals surface area contributed by atoms with E-state index in [4.69, 9.17) is 0 Å². The quantitative estimate of drug-likeness (QED) is 0.287. The molecular formula is C35H43F3N4O2. The molecule has 1 saturated heterocycles. The number of fused-ring (bicyclic) bond motifs is 1. The molecule has 44 heavy (non-hydrogen) atoms. The molecule has 1 aliphatic heterocycles. The van der Waals surface area contributed by atoms with E-state index in [1.807, 2.05) is 58.9 Å². The number of rotatable bonds is 8. The van der Waals surface area contributed by atoms with E-state index in [1.54, 1.807) is 0 Å². The number of likely N-dealkylation sites (tertiary alicyclic amines) is 1. The summed E-state index contributed by atoms with van der Waals surface area (Å²) in [5.41, 5.74) is 4.56. The molecule has 0 radical (unpaired) electrons. The molecule has 236 valence electrons. The fourth-order valence-electron chi connectivity index (χ4n) is 7.04. The summed E-state index contributed by atoms with van der Waals surface area (Å²) in [4.78, 5) is 23.4. The van der Waals surface area contributed by atoms with Gasteiger partial charge in [0, 0.05) is 36.8 Å². The summed E-state index contributed by atoms with van der Waals surface area (Å²) in [6.45, 7) is 14.0. The zero-order valence-corrected chi connectivity index (χ0v) is 26.5. The number of aliphatic hydroxyl groups is 1. The summed E-state index contributed by atoms with van der Waals surface area (Å²) in [6, 6.07) is 9.74. The summed E-state index contributed by atoms with van der Waals surface area (Å²) in [7, 11) is 0. The van der Waals surface area contributed by atoms with Gasteiger partial charge >= 0.3 is 6.18 Å². The Bertz CT molecular complexity index is 1560. The molecule has 1 aromatic heterocycles. The lowest BCUT2D eigenvalue weighted by Gasteiger charge is -2.37. The number of carbonyl (C=O) groups excluding carboxylic acids is 1. The molecule has 6 nitrogen and oxygen atoms in total. The molecule has 2 aliphatic rings. The third-order valence-electron chi connectivity index (χ3n) is 9.35. The van der Waals surface area contributed by atoms with E-state index >= 15 is 0 Å². The minimum Gasteiger partial charge on any atom is -0.389 e. The maximum atomic E-state index is 14.0. The Labute approximate surface area is 258 Å². The summed E-state index contributed by atoms with van der Waals surface area (Å²) in [5.74, 6) is 0.578. The topological polar surface area (TPSA) is 78.4 Å². The lowest BCUT2D eigenvalue weighted by Crippen LogP contribution is -2.43. The highest BCUT2D eigenvalue weighted by atomic mass is 19.4. The molecule has 0 spiro atoms. The minimum atomic E-state index is -4.59. The number of nitrogens with one attached hydrogen (secondary N) is 1. The minimum absolute atomic E-state index is 0.0620. The fourth-order valence-corrected chi connectivity index (χ4v) is 7.04. The van der Waals surface area contributed by atoms with Crippen molar-refractivity contribution in [3.8, 4) is 0 Å². The van der Waals surface area contributed by atoms with Crippen LogP contribution in [0, 0.1) is 13.8 Å². The maximum absolute atomic E-state index is 14.0. The summed E-state index contributed by atoms with van der Waals surface area (Å²) < 4.78 is 42.1. The monoisotopic (exact) mass is 608 g/mol. The van der Waals surface area contributed by atoms with Crippen LogP contribution in [-0.2, 0) is 35.6 Å². The van der Waals surface area contributed by atoms with Crippen LogP contribution in [0.1, 0.15) is 91.1 Å². The van der Waals surface area contributed by atoms with Gasteiger partial charge in [-0.25, -0.2) is 9.97 Å². The second-order valence-electron chi connectivity index (χ2n) is 13.7. The Morgan fingerprint density at radius 1 is 1.09 bits per heavy atom. The van der Waals surface area contributed by atoms with Gasteiger partial charge in [-0.1, -0.05) is 24.3 Å². The molecule has 3 aromatic rings. The lowest BCUT2D eigenvalue weighted by molar-refractivity contribution is -0.138. The SMILES string of the molecule is Cc1c(Nc2ncc(C(F)(F)F)c(CCc3cccc4c3C(C)(C)C(=O)C4)n2)ccc(C2CCCN(CC(C)(C)O)C2)c1C. The molecule has 1 aliphatic carbocycles. The van der Waals surface area contributed by atoms with Crippen LogP contribution >= 0.6 is 0 Å². The molecule has 5 rings (SSSR count). The van der Waals surface area contributed by atoms with Crippen LogP contribution < -0.4 is 5.32 Å². The number of hydrogen-bond acceptors (Lipinski definition) is 6. The molecule has 0 amide bonds. The van der Waals surface area contributed by atoms with Crippen LogP contribution in [0.2, 0.25) is 0 Å². The average Bonchev–Trinajstić information content (AvgIpc) is 3.17. The summed E-state index contributed by atoms with van der Waals surface area (Å²) in [6.07, 6.45) is -0.857. The van der Waals surface area contributed by atoms with Crippen LogP contribution in [0.5, 0.6) is 0 Å². The van der Waals surface area contributed by atoms with E-state index in [2.05, 4.69) is 33.2 Å². The number of ketones is 1. The predicted molar refractivity (Wildman–Crippen MR) is 167 cm³/mol. The van der Waals surface area contributed by atoms with E-state index in [0.717, 1.165) is 65.6 Å². The Morgan fingerprint density at radius 3 is 2.55 bits per heavy atom. The lowest BCUT2D eigenvalue weighted by atomic mass is 9.81. The first-order valence-corrected chi connectivity index (χ1v) is 15.4. The first-order chi connectivity index (χ1) is 20.5. The third-order valence-corrected chi connectivity index (χ3v) is 9.35. The van der Waals surface area contributed by atoms with Crippen LogP contribution in [0.25, 0.3) is 0 Å². The number of aromatic nitrogens is 2. The van der Waals surface area contributed by atoms with Crippen molar-refractivity contribution in [1.29, 1.82) is 0 Å². The van der Waals surface area contributed by atoms with Crippen molar-refractivity contribution in [2.24, 2.45) is 0 Å². The normalized spacial score (nSPS) is 18.9. The predicted octanol–water partition coefficient (Wildman–Crippen LogP) is 6.99. The van der Waals surface area contributed by atoms with Gasteiger partial charge in [0.05, 0.1) is 16.9 Å². The molecular weight excluding hydrogens is 565 g/mol. The number of Topliss-reactive ketones (excluding diaryl/α,β-unsaturated/α-hetero) is 1. The molecule has 0 bridgehead atoms. The second kappa shape index (κ2) is 11.9. The van der Waals surface area contributed by atoms with Gasteiger partial charge in [0.25, 0.3) is 0 Å². The van der Waals surface area contributed by atoms with Gasteiger partial charge in [-0.05, 0) is 119 Å². The number of benzene rings is 2. The smallest absolute Gasteiger partial charge is 0.389 e. The van der Waals surface area contributed by atoms with E-state index in [9.17, 15) is 23.1 Å². The number of alkyl halides is 3. The van der Waals surface area contributed by atoms with Crippen molar-refractivity contribution in [1.82, 2.24) is 14.9 Å². The van der Waals surface area contributed by atoms with Gasteiger partial charge in [0.1, 0.15) is 5.78 Å². The molecule has 0 saturated carbocycles. The van der Waals surface area contributed by atoms with E-state index in [0.29, 0.717) is 25.3 Å². The molecule has 2 aromatic carbocycles. The van der Waals surface area contributed by atoms with Gasteiger partial charge in [0.2, 0.25) is 5.95 Å². The zero-order chi connectivity index (χ0) is 32.0. The maximum Gasteiger partial charge on any atom is 0.419 e. The number of β-amino-alcohol motifs (C(OH)–C–C–N with tert-alkyl or cyclic N) is 1. The van der Waals surface area contributed by atoms with Crippen LogP contribution in [0.4, 0.5) is 24.8 Å². The highest BCUT2D eigenvalue weighted by molar-refractivity contribution is 5.96. The van der Waals surface area contributed by atoms with Crippen molar-refractivity contribution < 1.29 is 23.1 Å². The highest BCUT2D eigenvalue weighted by Crippen LogP contribution is 2.39. The van der Waals surface area contributed by atoms with E-state index in [1.165, 1.54) is 5.56 Å². The molecule has 2 heterocycles. The van der Waals surface area contributed by atoms with Gasteiger partial charge in [-0.15, -0.1) is 0 Å². The Hall–Kier alpha value is -3.30. The largest absolute Gasteiger partial charge is 0.419 e. The summed E-state index contributed by atoms with van der Waals surface area (Å²) in [5, 5.41) is 13.5. The number of piperidine rings is 1. The van der Waals surface area contributed by atoms with Crippen LogP contribution in [0.3, 0.4) is 0 Å². The summed E-state index contributed by atoms with van der Waals surface area (Å²) >= 11 is 0. The number of nitrogens with zero attached hydrogens (tertiary/aromatic N) is 3. The van der Waals surface area contributed by atoms with Gasteiger partial charge in [-0.3, -0.25) is 9.69 Å². The van der Waals surface area contributed by atoms with Crippen molar-refractivity contribution >= 4 is 17.4 Å². The number of carbonyl (C=O) groups is 1. The number of aryl methyl sites for hydroxylation is 2. The zero-order valence-electron chi connectivity index (χ0n) is 26.5. The first kappa shape index (κ1) is 32.1. The van der Waals surface area contributed by atoms with Crippen molar-refractivity contribution in [2.75, 3.05) is 25.0 Å². The van der Waals surface area contributed by atoms with Crippen LogP contribution in [-0.4, -0.2) is 51.0 Å². The third kappa shape index (κ3) is 6.69. The Balaban J connectivity index is 1.38. The van der Waals surface area contributed by atoms with Gasteiger partial charge < -0.3 is 10.4 Å². The molecule has 1 atom stereocenters. The Kier molecular flexibility index (Phi) is 8.68. The molecule has 1 unspecified atom stereocenters. The number of halogens is 3. The highest BCUT2D eigenvalue weighted by Gasteiger charge is 2.40. The van der Waals surface area contributed by atoms with Crippen molar-refractivity contribution in [2.45, 2.75) is 96.8 Å². The second-order valence-corrected chi connectivity index (χ2v) is 13.7. The number of hydrogen-bond donors (Lipinski definition) is 2. The van der Waals surface area contributed by atoms with E-state index < -0.39 is 22.8 Å². The van der Waals surface area contributed by atoms with Gasteiger partial charge in [0.15, 0.2) is 0 Å². The Morgan fingerprint density at radius 2 is 1.84 bits per heavy atom. The van der Waals surface area contributed by atoms with Crippen LogP contribution in [0.15, 0.2) is 36.5 Å². The molecule has 1 fully saturated rings. The number of anilines is 2. The van der Waals surface area contributed by atoms with Gasteiger partial charge in [-0.2, -0.15) is 13.2 Å². The molecule has 2 N–H and O–H groups in total. The van der Waals surface area contributed by atoms with Crippen molar-refractivity contribution in [3.63, 3.8) is 0 Å².